The number of carbonyl (C=O) groups excluding carboxylic acids is 1. The number of fused-ring (bicyclic) bond motifs is 1. The summed E-state index contributed by atoms with van der Waals surface area (Å²) in [5.74, 6) is 0.0530. The first-order valence-electron chi connectivity index (χ1n) is 10.6. The van der Waals surface area contributed by atoms with Crippen LogP contribution in [0.4, 0.5) is 11.4 Å². The number of rotatable bonds is 6. The maximum atomic E-state index is 12.8. The van der Waals surface area contributed by atoms with Gasteiger partial charge in [0.2, 0.25) is 0 Å². The minimum Gasteiger partial charge on any atom is -0.380 e. The second-order valence-corrected chi connectivity index (χ2v) is 8.06. The van der Waals surface area contributed by atoms with Crippen molar-refractivity contribution >= 4 is 39.9 Å². The van der Waals surface area contributed by atoms with Crippen molar-refractivity contribution < 1.29 is 4.79 Å². The fourth-order valence-electron chi connectivity index (χ4n) is 3.74. The Labute approximate surface area is 199 Å². The summed E-state index contributed by atoms with van der Waals surface area (Å²) in [7, 11) is 0. The smallest absolute Gasteiger partial charge is 0.261 e. The molecule has 0 aliphatic heterocycles. The predicted molar refractivity (Wildman–Crippen MR) is 135 cm³/mol. The Balaban J connectivity index is 1.49. The van der Waals surface area contributed by atoms with E-state index in [1.54, 1.807) is 48.7 Å². The third kappa shape index (κ3) is 4.29. The number of anilines is 2. The lowest BCUT2D eigenvalue weighted by atomic mass is 10.2. The number of pyridine rings is 1. The van der Waals surface area contributed by atoms with Gasteiger partial charge in [-0.25, -0.2) is 4.98 Å². The number of para-hydroxylation sites is 1. The van der Waals surface area contributed by atoms with Crippen LogP contribution in [0.15, 0.2) is 89.9 Å². The number of halogens is 1. The predicted octanol–water partition coefficient (Wildman–Crippen LogP) is 5.44. The lowest BCUT2D eigenvalue weighted by Crippen LogP contribution is -2.13. The monoisotopic (exact) mass is 469 g/mol. The molecule has 2 aromatic heterocycles. The standard InChI is InChI=1S/C26H20ClN5O2/c27-18-10-5-4-9-17(18)25(33)31-21-12-6-11-20-23(21)32-24(30-20)22-19(13-14-28-26(22)34)29-15-16-7-2-1-3-8-16/h1-14H,15H2,(H,30,32)(H,31,33)(H2,28,29,34). The summed E-state index contributed by atoms with van der Waals surface area (Å²) in [6.45, 7) is 0.552. The molecule has 1 amide bonds. The van der Waals surface area contributed by atoms with Gasteiger partial charge in [-0.3, -0.25) is 9.59 Å². The van der Waals surface area contributed by atoms with Crippen LogP contribution in [-0.2, 0) is 6.54 Å². The molecule has 0 unspecified atom stereocenters. The molecule has 0 aliphatic rings. The largest absolute Gasteiger partial charge is 0.380 e. The van der Waals surface area contributed by atoms with Gasteiger partial charge in [-0.2, -0.15) is 0 Å². The molecule has 0 radical (unpaired) electrons. The molecule has 2 heterocycles. The molecule has 168 valence electrons. The molecule has 3 aromatic carbocycles. The van der Waals surface area contributed by atoms with E-state index in [9.17, 15) is 9.59 Å². The fraction of sp³-hybridized carbons (Fsp3) is 0.0385. The van der Waals surface area contributed by atoms with Crippen LogP contribution in [0.3, 0.4) is 0 Å². The molecule has 0 spiro atoms. The fourth-order valence-corrected chi connectivity index (χ4v) is 3.96. The van der Waals surface area contributed by atoms with Gasteiger partial charge in [0.05, 0.1) is 27.5 Å². The van der Waals surface area contributed by atoms with Gasteiger partial charge in [-0.15, -0.1) is 0 Å². The highest BCUT2D eigenvalue weighted by Gasteiger charge is 2.17. The third-order valence-electron chi connectivity index (χ3n) is 5.40. The number of aromatic amines is 2. The Hall–Kier alpha value is -4.36. The van der Waals surface area contributed by atoms with E-state index in [-0.39, 0.29) is 11.5 Å². The van der Waals surface area contributed by atoms with E-state index in [0.29, 0.717) is 50.9 Å². The van der Waals surface area contributed by atoms with Crippen LogP contribution >= 0.6 is 11.6 Å². The van der Waals surface area contributed by atoms with Crippen LogP contribution in [0.2, 0.25) is 5.02 Å². The van der Waals surface area contributed by atoms with Crippen molar-refractivity contribution in [2.75, 3.05) is 10.6 Å². The number of imidazole rings is 1. The van der Waals surface area contributed by atoms with Gasteiger partial charge in [0, 0.05) is 12.7 Å². The van der Waals surface area contributed by atoms with Crippen molar-refractivity contribution in [3.63, 3.8) is 0 Å². The zero-order valence-electron chi connectivity index (χ0n) is 17.9. The molecule has 0 bridgehead atoms. The number of carbonyl (C=O) groups is 1. The van der Waals surface area contributed by atoms with Gasteiger partial charge < -0.3 is 20.6 Å². The van der Waals surface area contributed by atoms with Crippen LogP contribution in [0, 0.1) is 0 Å². The summed E-state index contributed by atoms with van der Waals surface area (Å²) in [6, 6.07) is 23.9. The van der Waals surface area contributed by atoms with Crippen molar-refractivity contribution in [3.8, 4) is 11.4 Å². The zero-order chi connectivity index (χ0) is 23.5. The van der Waals surface area contributed by atoms with Crippen LogP contribution in [0.1, 0.15) is 15.9 Å². The van der Waals surface area contributed by atoms with E-state index in [1.165, 1.54) is 0 Å². The molecule has 0 saturated heterocycles. The van der Waals surface area contributed by atoms with E-state index >= 15 is 0 Å². The molecule has 5 aromatic rings. The van der Waals surface area contributed by atoms with Gasteiger partial charge in [-0.1, -0.05) is 60.1 Å². The van der Waals surface area contributed by atoms with E-state index in [1.807, 2.05) is 36.4 Å². The number of benzene rings is 3. The van der Waals surface area contributed by atoms with E-state index in [4.69, 9.17) is 11.6 Å². The van der Waals surface area contributed by atoms with Gasteiger partial charge in [0.15, 0.2) is 0 Å². The first-order valence-corrected chi connectivity index (χ1v) is 11.0. The first-order chi connectivity index (χ1) is 16.6. The van der Waals surface area contributed by atoms with Crippen LogP contribution in [0.25, 0.3) is 22.4 Å². The lowest BCUT2D eigenvalue weighted by molar-refractivity contribution is 0.102. The molecular weight excluding hydrogens is 450 g/mol. The highest BCUT2D eigenvalue weighted by Crippen LogP contribution is 2.28. The Morgan fingerprint density at radius 1 is 0.912 bits per heavy atom. The molecule has 5 rings (SSSR count). The second-order valence-electron chi connectivity index (χ2n) is 7.66. The minimum atomic E-state index is -0.342. The molecule has 0 aliphatic carbocycles. The molecule has 0 atom stereocenters. The average Bonchev–Trinajstić information content (AvgIpc) is 3.28. The van der Waals surface area contributed by atoms with E-state index < -0.39 is 0 Å². The van der Waals surface area contributed by atoms with Gasteiger partial charge >= 0.3 is 0 Å². The van der Waals surface area contributed by atoms with Crippen molar-refractivity contribution in [2.45, 2.75) is 6.54 Å². The van der Waals surface area contributed by atoms with Crippen LogP contribution in [0.5, 0.6) is 0 Å². The van der Waals surface area contributed by atoms with Crippen molar-refractivity contribution in [1.82, 2.24) is 15.0 Å². The highest BCUT2D eigenvalue weighted by atomic mass is 35.5. The molecule has 8 heteroatoms. The van der Waals surface area contributed by atoms with E-state index in [0.717, 1.165) is 5.56 Å². The summed E-state index contributed by atoms with van der Waals surface area (Å²) >= 11 is 6.17. The van der Waals surface area contributed by atoms with Crippen molar-refractivity contribution in [1.29, 1.82) is 0 Å². The quantitative estimate of drug-likeness (QED) is 0.266. The Bertz CT molecular complexity index is 1540. The zero-order valence-corrected chi connectivity index (χ0v) is 18.7. The SMILES string of the molecule is O=C(Nc1cccc2[nH]c(-c3c(NCc4ccccc4)cc[nH]c3=O)nc12)c1ccccc1Cl. The number of H-pyrrole nitrogens is 2. The Morgan fingerprint density at radius 2 is 1.71 bits per heavy atom. The molecule has 0 saturated carbocycles. The molecule has 0 fully saturated rings. The Kier molecular flexibility index (Phi) is 5.84. The number of aromatic nitrogens is 3. The van der Waals surface area contributed by atoms with E-state index in [2.05, 4.69) is 25.6 Å². The summed E-state index contributed by atoms with van der Waals surface area (Å²) < 4.78 is 0. The molecular formula is C26H20ClN5O2. The van der Waals surface area contributed by atoms with Gasteiger partial charge in [-0.05, 0) is 35.9 Å². The summed E-state index contributed by atoms with van der Waals surface area (Å²) in [4.78, 5) is 36.1. The topological polar surface area (TPSA) is 103 Å². The number of nitrogens with one attached hydrogen (secondary N) is 4. The molecule has 34 heavy (non-hydrogen) atoms. The van der Waals surface area contributed by atoms with Crippen LogP contribution < -0.4 is 16.2 Å². The maximum Gasteiger partial charge on any atom is 0.261 e. The van der Waals surface area contributed by atoms with Gasteiger partial charge in [0.25, 0.3) is 11.5 Å². The number of hydrogen-bond donors (Lipinski definition) is 4. The van der Waals surface area contributed by atoms with Crippen molar-refractivity contribution in [2.24, 2.45) is 0 Å². The number of nitrogens with zero attached hydrogens (tertiary/aromatic N) is 1. The minimum absolute atomic E-state index is 0.279. The first kappa shape index (κ1) is 21.5. The highest BCUT2D eigenvalue weighted by molar-refractivity contribution is 6.34. The van der Waals surface area contributed by atoms with Crippen LogP contribution in [-0.4, -0.2) is 20.9 Å². The van der Waals surface area contributed by atoms with Crippen molar-refractivity contribution in [3.05, 3.63) is 112 Å². The Morgan fingerprint density at radius 3 is 2.53 bits per heavy atom. The number of hydrogen-bond acceptors (Lipinski definition) is 4. The maximum absolute atomic E-state index is 12.8. The normalized spacial score (nSPS) is 10.9. The number of amides is 1. The molecule has 7 nitrogen and oxygen atoms in total. The summed E-state index contributed by atoms with van der Waals surface area (Å²) in [5, 5.41) is 6.56. The molecule has 4 N–H and O–H groups in total. The second kappa shape index (κ2) is 9.25. The third-order valence-corrected chi connectivity index (χ3v) is 5.73. The summed E-state index contributed by atoms with van der Waals surface area (Å²) in [5.41, 5.74) is 3.94. The van der Waals surface area contributed by atoms with Gasteiger partial charge in [0.1, 0.15) is 16.9 Å². The average molecular weight is 470 g/mol. The summed E-state index contributed by atoms with van der Waals surface area (Å²) in [6.07, 6.45) is 1.59. The lowest BCUT2D eigenvalue weighted by Gasteiger charge is -2.10.